The van der Waals surface area contributed by atoms with Gasteiger partial charge in [-0.15, -0.1) is 0 Å². The van der Waals surface area contributed by atoms with Gasteiger partial charge in [0.05, 0.1) is 6.20 Å². The van der Waals surface area contributed by atoms with Crippen molar-refractivity contribution in [1.29, 1.82) is 0 Å². The largest absolute Gasteiger partial charge is 0.371 e. The summed E-state index contributed by atoms with van der Waals surface area (Å²) in [6.07, 6.45) is 8.80. The van der Waals surface area contributed by atoms with Gasteiger partial charge in [-0.25, -0.2) is 0 Å². The second-order valence-corrected chi connectivity index (χ2v) is 8.71. The molecule has 2 aliphatic heterocycles. The van der Waals surface area contributed by atoms with Gasteiger partial charge in [0.2, 0.25) is 5.91 Å². The highest BCUT2D eigenvalue weighted by atomic mass is 16.2. The summed E-state index contributed by atoms with van der Waals surface area (Å²) in [5.74, 6) is -0.268. The van der Waals surface area contributed by atoms with Crippen LogP contribution in [-0.2, 0) is 17.9 Å². The van der Waals surface area contributed by atoms with Crippen LogP contribution < -0.4 is 20.9 Å². The van der Waals surface area contributed by atoms with Crippen molar-refractivity contribution in [2.45, 2.75) is 64.2 Å². The predicted molar refractivity (Wildman–Crippen MR) is 125 cm³/mol. The molecule has 8 heteroatoms. The van der Waals surface area contributed by atoms with Gasteiger partial charge >= 0.3 is 0 Å². The van der Waals surface area contributed by atoms with E-state index >= 15 is 0 Å². The Hall–Kier alpha value is -2.87. The summed E-state index contributed by atoms with van der Waals surface area (Å²) in [4.78, 5) is 27.0. The van der Waals surface area contributed by atoms with Gasteiger partial charge < -0.3 is 20.9 Å². The number of nitrogens with zero attached hydrogens (tertiary/aromatic N) is 3. The summed E-state index contributed by atoms with van der Waals surface area (Å²) in [6, 6.07) is 7.80. The quantitative estimate of drug-likeness (QED) is 0.616. The van der Waals surface area contributed by atoms with Crippen molar-refractivity contribution in [3.8, 4) is 0 Å². The first-order valence-electron chi connectivity index (χ1n) is 11.8. The van der Waals surface area contributed by atoms with E-state index in [1.165, 1.54) is 5.56 Å². The third kappa shape index (κ3) is 5.68. The van der Waals surface area contributed by atoms with Gasteiger partial charge in [0, 0.05) is 61.8 Å². The van der Waals surface area contributed by atoms with E-state index in [0.717, 1.165) is 57.5 Å². The first-order valence-corrected chi connectivity index (χ1v) is 11.8. The molecule has 0 radical (unpaired) electrons. The number of nitrogens with one attached hydrogen (secondary N) is 3. The third-order valence-electron chi connectivity index (χ3n) is 6.44. The standard InChI is InChI=1S/C24H34N6O2/c1-2-30-17-18(16-27-30)15-26-20-10-13-29(14-11-20)21-8-6-19(7-9-21)23(31)28-22-5-3-4-12-25-24(22)32/h6-9,16-17,20,22,26H,2-5,10-15H2,1H3,(H,25,32)(H,28,31)/t22-/m0/s1. The summed E-state index contributed by atoms with van der Waals surface area (Å²) in [6.45, 7) is 6.51. The molecule has 2 amide bonds. The molecule has 0 spiro atoms. The number of hydrogen-bond donors (Lipinski definition) is 3. The average Bonchev–Trinajstić information content (AvgIpc) is 3.21. The molecule has 8 nitrogen and oxygen atoms in total. The highest BCUT2D eigenvalue weighted by Gasteiger charge is 2.23. The summed E-state index contributed by atoms with van der Waals surface area (Å²) in [7, 11) is 0. The lowest BCUT2D eigenvalue weighted by Crippen LogP contribution is -2.45. The molecule has 0 aliphatic carbocycles. The van der Waals surface area contributed by atoms with Crippen molar-refractivity contribution in [3.63, 3.8) is 0 Å². The fraction of sp³-hybridized carbons (Fsp3) is 0.542. The molecule has 32 heavy (non-hydrogen) atoms. The van der Waals surface area contributed by atoms with E-state index in [1.54, 1.807) is 0 Å². The maximum atomic E-state index is 12.6. The van der Waals surface area contributed by atoms with Crippen LogP contribution in [0.3, 0.4) is 0 Å². The van der Waals surface area contributed by atoms with Crippen molar-refractivity contribution in [2.75, 3.05) is 24.5 Å². The minimum atomic E-state index is -0.437. The molecule has 2 aromatic rings. The molecule has 2 saturated heterocycles. The fourth-order valence-corrected chi connectivity index (χ4v) is 4.42. The van der Waals surface area contributed by atoms with Crippen LogP contribution in [0.5, 0.6) is 0 Å². The Morgan fingerprint density at radius 1 is 1.16 bits per heavy atom. The van der Waals surface area contributed by atoms with Crippen LogP contribution in [0.4, 0.5) is 5.69 Å². The Bertz CT molecular complexity index is 901. The van der Waals surface area contributed by atoms with Crippen molar-refractivity contribution in [2.24, 2.45) is 0 Å². The second kappa shape index (κ2) is 10.6. The smallest absolute Gasteiger partial charge is 0.251 e. The minimum Gasteiger partial charge on any atom is -0.371 e. The summed E-state index contributed by atoms with van der Waals surface area (Å²) < 4.78 is 1.95. The Morgan fingerprint density at radius 2 is 1.94 bits per heavy atom. The molecule has 1 atom stereocenters. The van der Waals surface area contributed by atoms with E-state index in [-0.39, 0.29) is 11.8 Å². The molecule has 172 valence electrons. The molecule has 2 fully saturated rings. The Kier molecular flexibility index (Phi) is 7.42. The van der Waals surface area contributed by atoms with Crippen molar-refractivity contribution < 1.29 is 9.59 Å². The molecular formula is C24H34N6O2. The van der Waals surface area contributed by atoms with E-state index in [2.05, 4.69) is 39.1 Å². The van der Waals surface area contributed by atoms with Crippen LogP contribution in [0, 0.1) is 0 Å². The first kappa shape index (κ1) is 22.3. The van der Waals surface area contributed by atoms with Crippen LogP contribution in [0.15, 0.2) is 36.7 Å². The van der Waals surface area contributed by atoms with Crippen LogP contribution in [-0.4, -0.2) is 53.3 Å². The van der Waals surface area contributed by atoms with Crippen molar-refractivity contribution in [1.82, 2.24) is 25.7 Å². The van der Waals surface area contributed by atoms with E-state index in [9.17, 15) is 9.59 Å². The maximum Gasteiger partial charge on any atom is 0.251 e. The van der Waals surface area contributed by atoms with Gasteiger partial charge in [-0.05, 0) is 63.3 Å². The topological polar surface area (TPSA) is 91.3 Å². The van der Waals surface area contributed by atoms with Gasteiger partial charge in [-0.1, -0.05) is 0 Å². The van der Waals surface area contributed by atoms with E-state index in [1.807, 2.05) is 35.1 Å². The van der Waals surface area contributed by atoms with Crippen LogP contribution in [0.25, 0.3) is 0 Å². The molecule has 4 rings (SSSR count). The highest BCUT2D eigenvalue weighted by Crippen LogP contribution is 2.21. The number of carbonyl (C=O) groups is 2. The number of anilines is 1. The normalized spacial score (nSPS) is 20.0. The zero-order valence-electron chi connectivity index (χ0n) is 18.8. The number of piperidine rings is 1. The van der Waals surface area contributed by atoms with E-state index in [0.29, 0.717) is 24.6 Å². The Balaban J connectivity index is 1.24. The number of hydrogen-bond acceptors (Lipinski definition) is 5. The third-order valence-corrected chi connectivity index (χ3v) is 6.44. The zero-order chi connectivity index (χ0) is 22.3. The zero-order valence-corrected chi connectivity index (χ0v) is 18.8. The van der Waals surface area contributed by atoms with Gasteiger partial charge in [-0.2, -0.15) is 5.10 Å². The van der Waals surface area contributed by atoms with Gasteiger partial charge in [0.25, 0.3) is 5.91 Å². The monoisotopic (exact) mass is 438 g/mol. The van der Waals surface area contributed by atoms with Crippen LogP contribution in [0.1, 0.15) is 54.9 Å². The first-order chi connectivity index (χ1) is 15.6. The van der Waals surface area contributed by atoms with Gasteiger partial charge in [-0.3, -0.25) is 14.3 Å². The maximum absolute atomic E-state index is 12.6. The summed E-state index contributed by atoms with van der Waals surface area (Å²) in [5, 5.41) is 13.7. The van der Waals surface area contributed by atoms with Crippen molar-refractivity contribution in [3.05, 3.63) is 47.8 Å². The number of carbonyl (C=O) groups excluding carboxylic acids is 2. The number of amides is 2. The van der Waals surface area contributed by atoms with Crippen molar-refractivity contribution >= 4 is 17.5 Å². The van der Waals surface area contributed by atoms with Gasteiger partial charge in [0.15, 0.2) is 0 Å². The molecule has 3 N–H and O–H groups in total. The molecule has 1 aromatic heterocycles. The molecule has 2 aliphatic rings. The molecule has 3 heterocycles. The number of aromatic nitrogens is 2. The molecule has 0 bridgehead atoms. The lowest BCUT2D eigenvalue weighted by atomic mass is 10.0. The molecular weight excluding hydrogens is 404 g/mol. The number of benzene rings is 1. The average molecular weight is 439 g/mol. The van der Waals surface area contributed by atoms with Crippen LogP contribution in [0.2, 0.25) is 0 Å². The fourth-order valence-electron chi connectivity index (χ4n) is 4.42. The Labute approximate surface area is 189 Å². The lowest BCUT2D eigenvalue weighted by Gasteiger charge is -2.34. The van der Waals surface area contributed by atoms with Crippen LogP contribution >= 0.6 is 0 Å². The summed E-state index contributed by atoms with van der Waals surface area (Å²) >= 11 is 0. The second-order valence-electron chi connectivity index (χ2n) is 8.71. The predicted octanol–water partition coefficient (Wildman–Crippen LogP) is 2.06. The van der Waals surface area contributed by atoms with Gasteiger partial charge in [0.1, 0.15) is 6.04 Å². The summed E-state index contributed by atoms with van der Waals surface area (Å²) in [5.41, 5.74) is 2.95. The molecule has 1 aromatic carbocycles. The molecule has 0 unspecified atom stereocenters. The molecule has 0 saturated carbocycles. The van der Waals surface area contributed by atoms with E-state index < -0.39 is 6.04 Å². The highest BCUT2D eigenvalue weighted by molar-refractivity contribution is 5.97. The Morgan fingerprint density at radius 3 is 2.66 bits per heavy atom. The number of aryl methyl sites for hydroxylation is 1. The van der Waals surface area contributed by atoms with E-state index in [4.69, 9.17) is 0 Å². The lowest BCUT2D eigenvalue weighted by molar-refractivity contribution is -0.122. The SMILES string of the molecule is CCn1cc(CNC2CCN(c3ccc(C(=O)N[C@H]4CCCCNC4=O)cc3)CC2)cn1. The number of rotatable bonds is 7. The minimum absolute atomic E-state index is 0.0804.